The van der Waals surface area contributed by atoms with E-state index in [-0.39, 0.29) is 11.4 Å². The molecule has 0 saturated heterocycles. The number of non-ortho nitro benzene ring substituents is 1. The Balaban J connectivity index is 1.78. The maximum atomic E-state index is 12.3. The molecule has 0 aliphatic rings. The molecule has 0 unspecified atom stereocenters. The maximum Gasteiger partial charge on any atom is 0.291 e. The maximum absolute atomic E-state index is 12.3. The molecule has 126 valence electrons. The van der Waals surface area contributed by atoms with Crippen LogP contribution in [-0.4, -0.2) is 10.8 Å². The summed E-state index contributed by atoms with van der Waals surface area (Å²) in [5, 5.41) is 13.8. The lowest BCUT2D eigenvalue weighted by atomic mass is 10.1. The standard InChI is InChI=1S/C18H13ClN2O4/c1-11-2-7-15(14(19)10-11)20-18(22)17-9-8-16(25-17)12-3-5-13(6-4-12)21(23)24/h2-10H,1H3,(H,20,22). The molecule has 0 fully saturated rings. The largest absolute Gasteiger partial charge is 0.451 e. The quantitative estimate of drug-likeness (QED) is 0.522. The van der Waals surface area contributed by atoms with Crippen molar-refractivity contribution in [2.45, 2.75) is 6.92 Å². The van der Waals surface area contributed by atoms with Gasteiger partial charge in [0.2, 0.25) is 0 Å². The zero-order valence-electron chi connectivity index (χ0n) is 13.2. The number of nitrogens with zero attached hydrogens (tertiary/aromatic N) is 1. The molecule has 0 spiro atoms. The summed E-state index contributed by atoms with van der Waals surface area (Å²) >= 11 is 6.10. The fraction of sp³-hybridized carbons (Fsp3) is 0.0556. The molecule has 3 aromatic rings. The van der Waals surface area contributed by atoms with Gasteiger partial charge in [-0.25, -0.2) is 0 Å². The van der Waals surface area contributed by atoms with Crippen LogP contribution in [0.5, 0.6) is 0 Å². The number of nitro benzene ring substituents is 1. The molecule has 0 radical (unpaired) electrons. The van der Waals surface area contributed by atoms with Gasteiger partial charge in [0, 0.05) is 17.7 Å². The number of benzene rings is 2. The minimum absolute atomic E-state index is 0.0118. The fourth-order valence-electron chi connectivity index (χ4n) is 2.27. The van der Waals surface area contributed by atoms with Crippen molar-refractivity contribution < 1.29 is 14.1 Å². The molecule has 0 bridgehead atoms. The van der Waals surface area contributed by atoms with E-state index in [9.17, 15) is 14.9 Å². The van der Waals surface area contributed by atoms with E-state index >= 15 is 0 Å². The summed E-state index contributed by atoms with van der Waals surface area (Å²) in [6.45, 7) is 1.90. The molecule has 7 heteroatoms. The molecule has 1 heterocycles. The highest BCUT2D eigenvalue weighted by Crippen LogP contribution is 2.26. The smallest absolute Gasteiger partial charge is 0.291 e. The summed E-state index contributed by atoms with van der Waals surface area (Å²) in [7, 11) is 0. The van der Waals surface area contributed by atoms with Crippen LogP contribution in [0.3, 0.4) is 0 Å². The number of nitro groups is 1. The van der Waals surface area contributed by atoms with Gasteiger partial charge in [-0.1, -0.05) is 17.7 Å². The molecule has 1 aromatic heterocycles. The van der Waals surface area contributed by atoms with Crippen LogP contribution >= 0.6 is 11.6 Å². The Kier molecular flexibility index (Phi) is 4.54. The lowest BCUT2D eigenvalue weighted by Gasteiger charge is -2.06. The second kappa shape index (κ2) is 6.78. The first-order valence-electron chi connectivity index (χ1n) is 7.36. The first-order chi connectivity index (χ1) is 11.9. The molecule has 0 aliphatic carbocycles. The van der Waals surface area contributed by atoms with E-state index in [0.717, 1.165) is 5.56 Å². The Labute approximate surface area is 148 Å². The van der Waals surface area contributed by atoms with Crippen LogP contribution in [0, 0.1) is 17.0 Å². The predicted octanol–water partition coefficient (Wildman–Crippen LogP) is 5.07. The van der Waals surface area contributed by atoms with Crippen molar-refractivity contribution in [3.8, 4) is 11.3 Å². The lowest BCUT2D eigenvalue weighted by molar-refractivity contribution is -0.384. The van der Waals surface area contributed by atoms with Crippen molar-refractivity contribution in [1.82, 2.24) is 0 Å². The Morgan fingerprint density at radius 3 is 2.48 bits per heavy atom. The number of amides is 1. The van der Waals surface area contributed by atoms with Gasteiger partial charge >= 0.3 is 0 Å². The van der Waals surface area contributed by atoms with Crippen molar-refractivity contribution >= 4 is 28.9 Å². The first-order valence-corrected chi connectivity index (χ1v) is 7.74. The van der Waals surface area contributed by atoms with E-state index in [1.165, 1.54) is 18.2 Å². The number of hydrogen-bond donors (Lipinski definition) is 1. The molecule has 6 nitrogen and oxygen atoms in total. The topological polar surface area (TPSA) is 85.4 Å². The van der Waals surface area contributed by atoms with Gasteiger partial charge < -0.3 is 9.73 Å². The molecule has 0 atom stereocenters. The third-order valence-corrected chi connectivity index (χ3v) is 3.88. The number of nitrogens with one attached hydrogen (secondary N) is 1. The first kappa shape index (κ1) is 16.7. The summed E-state index contributed by atoms with van der Waals surface area (Å²) in [6, 6.07) is 14.4. The minimum Gasteiger partial charge on any atom is -0.451 e. The lowest BCUT2D eigenvalue weighted by Crippen LogP contribution is -2.11. The molecular weight excluding hydrogens is 344 g/mol. The van der Waals surface area contributed by atoms with Crippen LogP contribution in [0.15, 0.2) is 59.0 Å². The number of carbonyl (C=O) groups excluding carboxylic acids is 1. The molecule has 2 aromatic carbocycles. The number of furan rings is 1. The third kappa shape index (κ3) is 3.70. The van der Waals surface area contributed by atoms with E-state index in [4.69, 9.17) is 16.0 Å². The summed E-state index contributed by atoms with van der Waals surface area (Å²) < 4.78 is 5.54. The van der Waals surface area contributed by atoms with Gasteiger partial charge in [-0.05, 0) is 48.9 Å². The number of aryl methyl sites for hydroxylation is 1. The Morgan fingerprint density at radius 2 is 1.84 bits per heavy atom. The van der Waals surface area contributed by atoms with Gasteiger partial charge in [-0.15, -0.1) is 0 Å². The molecule has 1 amide bonds. The normalized spacial score (nSPS) is 10.5. The van der Waals surface area contributed by atoms with Gasteiger partial charge in [-0.3, -0.25) is 14.9 Å². The molecule has 3 rings (SSSR count). The number of carbonyl (C=O) groups is 1. The predicted molar refractivity (Wildman–Crippen MR) is 94.9 cm³/mol. The summed E-state index contributed by atoms with van der Waals surface area (Å²) in [6.07, 6.45) is 0. The van der Waals surface area contributed by atoms with Crippen molar-refractivity contribution in [3.05, 3.63) is 81.1 Å². The summed E-state index contributed by atoms with van der Waals surface area (Å²) in [5.74, 6) is 0.124. The highest BCUT2D eigenvalue weighted by molar-refractivity contribution is 6.34. The number of hydrogen-bond acceptors (Lipinski definition) is 4. The van der Waals surface area contributed by atoms with Gasteiger partial charge in [0.1, 0.15) is 5.76 Å². The van der Waals surface area contributed by atoms with Gasteiger partial charge in [-0.2, -0.15) is 0 Å². The molecular formula is C18H13ClN2O4. The zero-order chi connectivity index (χ0) is 18.0. The second-order valence-electron chi connectivity index (χ2n) is 5.41. The van der Waals surface area contributed by atoms with Crippen molar-refractivity contribution in [3.63, 3.8) is 0 Å². The minimum atomic E-state index is -0.476. The van der Waals surface area contributed by atoms with E-state index in [1.54, 1.807) is 30.3 Å². The number of halogens is 1. The fourth-order valence-corrected chi connectivity index (χ4v) is 2.55. The Bertz CT molecular complexity index is 948. The van der Waals surface area contributed by atoms with E-state index < -0.39 is 10.8 Å². The Hall–Kier alpha value is -3.12. The van der Waals surface area contributed by atoms with E-state index in [1.807, 2.05) is 13.0 Å². The highest BCUT2D eigenvalue weighted by Gasteiger charge is 2.14. The van der Waals surface area contributed by atoms with Crippen molar-refractivity contribution in [1.29, 1.82) is 0 Å². The average Bonchev–Trinajstić information content (AvgIpc) is 3.07. The third-order valence-electron chi connectivity index (χ3n) is 3.57. The summed E-state index contributed by atoms with van der Waals surface area (Å²) in [5.41, 5.74) is 2.10. The van der Waals surface area contributed by atoms with Crippen LogP contribution in [-0.2, 0) is 0 Å². The van der Waals surface area contributed by atoms with Crippen LogP contribution in [0.25, 0.3) is 11.3 Å². The van der Waals surface area contributed by atoms with Crippen LogP contribution in [0.2, 0.25) is 5.02 Å². The van der Waals surface area contributed by atoms with E-state index in [0.29, 0.717) is 22.0 Å². The van der Waals surface area contributed by atoms with Crippen LogP contribution < -0.4 is 5.32 Å². The Morgan fingerprint density at radius 1 is 1.12 bits per heavy atom. The van der Waals surface area contributed by atoms with Crippen molar-refractivity contribution in [2.75, 3.05) is 5.32 Å². The highest BCUT2D eigenvalue weighted by atomic mass is 35.5. The molecule has 0 aliphatic heterocycles. The van der Waals surface area contributed by atoms with Gasteiger partial charge in [0.25, 0.3) is 11.6 Å². The van der Waals surface area contributed by atoms with Gasteiger partial charge in [0.05, 0.1) is 15.6 Å². The molecule has 1 N–H and O–H groups in total. The van der Waals surface area contributed by atoms with E-state index in [2.05, 4.69) is 5.32 Å². The molecule has 0 saturated carbocycles. The summed E-state index contributed by atoms with van der Waals surface area (Å²) in [4.78, 5) is 22.5. The van der Waals surface area contributed by atoms with Gasteiger partial charge in [0.15, 0.2) is 5.76 Å². The molecule has 25 heavy (non-hydrogen) atoms. The number of anilines is 1. The SMILES string of the molecule is Cc1ccc(NC(=O)c2ccc(-c3ccc([N+](=O)[O-])cc3)o2)c(Cl)c1. The number of rotatable bonds is 4. The zero-order valence-corrected chi connectivity index (χ0v) is 13.9. The second-order valence-corrected chi connectivity index (χ2v) is 5.81. The van der Waals surface area contributed by atoms with Crippen molar-refractivity contribution in [2.24, 2.45) is 0 Å². The average molecular weight is 357 g/mol. The van der Waals surface area contributed by atoms with Crippen LogP contribution in [0.4, 0.5) is 11.4 Å². The monoisotopic (exact) mass is 356 g/mol. The van der Waals surface area contributed by atoms with Crippen LogP contribution in [0.1, 0.15) is 16.1 Å².